The first kappa shape index (κ1) is 11.2. The lowest BCUT2D eigenvalue weighted by Crippen LogP contribution is -2.35. The Bertz CT molecular complexity index is 346. The lowest BCUT2D eigenvalue weighted by Gasteiger charge is -2.32. The average molecular weight is 268 g/mol. The summed E-state index contributed by atoms with van der Waals surface area (Å²) in [6.07, 6.45) is 1.20. The van der Waals surface area contributed by atoms with Crippen molar-refractivity contribution in [2.75, 3.05) is 6.54 Å². The van der Waals surface area contributed by atoms with Crippen LogP contribution < -0.4 is 0 Å². The normalized spacial score (nSPS) is 16.8. The summed E-state index contributed by atoms with van der Waals surface area (Å²) < 4.78 is 0. The summed E-state index contributed by atoms with van der Waals surface area (Å²) in [6, 6.07) is 7.54. The van der Waals surface area contributed by atoms with Crippen LogP contribution in [0.2, 0.25) is 0 Å². The highest BCUT2D eigenvalue weighted by Crippen LogP contribution is 2.22. The molecule has 82 valence electrons. The van der Waals surface area contributed by atoms with Gasteiger partial charge in [-0.15, -0.1) is 0 Å². The maximum Gasteiger partial charge on any atom is 0.0283 e. The van der Waals surface area contributed by atoms with Crippen LogP contribution in [0, 0.1) is 0 Å². The van der Waals surface area contributed by atoms with Crippen LogP contribution in [0.1, 0.15) is 30.5 Å². The van der Waals surface area contributed by atoms with Gasteiger partial charge >= 0.3 is 0 Å². The van der Waals surface area contributed by atoms with E-state index in [-0.39, 0.29) is 0 Å². The average Bonchev–Trinajstić information content (AvgIpc) is 2.27. The van der Waals surface area contributed by atoms with E-state index in [9.17, 15) is 0 Å². The minimum atomic E-state index is 0.661. The molecule has 2 heteroatoms. The summed E-state index contributed by atoms with van der Waals surface area (Å²) >= 11 is 3.51. The number of hydrogen-bond donors (Lipinski definition) is 0. The first-order valence-electron chi connectivity index (χ1n) is 5.61. The van der Waals surface area contributed by atoms with Crippen molar-refractivity contribution in [2.45, 2.75) is 38.2 Å². The fraction of sp³-hybridized carbons (Fsp3) is 0.538. The van der Waals surface area contributed by atoms with Gasteiger partial charge in [0.25, 0.3) is 0 Å². The minimum Gasteiger partial charge on any atom is -0.296 e. The molecule has 1 heterocycles. The second-order valence-corrected chi connectivity index (χ2v) is 5.11. The van der Waals surface area contributed by atoms with Crippen molar-refractivity contribution in [1.29, 1.82) is 0 Å². The van der Waals surface area contributed by atoms with Crippen LogP contribution in [-0.4, -0.2) is 17.5 Å². The molecular weight excluding hydrogens is 250 g/mol. The van der Waals surface area contributed by atoms with Crippen molar-refractivity contribution in [3.05, 3.63) is 34.9 Å². The third kappa shape index (κ3) is 2.43. The van der Waals surface area contributed by atoms with E-state index in [1.807, 2.05) is 0 Å². The van der Waals surface area contributed by atoms with E-state index in [1.54, 1.807) is 5.56 Å². The van der Waals surface area contributed by atoms with E-state index < -0.39 is 0 Å². The first-order chi connectivity index (χ1) is 7.20. The molecule has 0 aliphatic carbocycles. The molecule has 0 unspecified atom stereocenters. The Balaban J connectivity index is 2.21. The molecule has 0 radical (unpaired) electrons. The topological polar surface area (TPSA) is 3.24 Å². The van der Waals surface area contributed by atoms with Crippen LogP contribution in [0.15, 0.2) is 18.2 Å². The SMILES string of the molecule is CC(C)N1CCc2cc(CBr)ccc2C1. The van der Waals surface area contributed by atoms with E-state index in [1.165, 1.54) is 24.1 Å². The van der Waals surface area contributed by atoms with Crippen LogP contribution in [0.4, 0.5) is 0 Å². The second kappa shape index (κ2) is 4.67. The predicted octanol–water partition coefficient (Wildman–Crippen LogP) is 3.35. The number of rotatable bonds is 2. The van der Waals surface area contributed by atoms with Gasteiger partial charge in [-0.25, -0.2) is 0 Å². The zero-order valence-electron chi connectivity index (χ0n) is 9.46. The lowest BCUT2D eigenvalue weighted by atomic mass is 9.97. The molecule has 1 aromatic rings. The van der Waals surface area contributed by atoms with Crippen molar-refractivity contribution in [3.63, 3.8) is 0 Å². The van der Waals surface area contributed by atoms with Gasteiger partial charge in [-0.05, 0) is 37.0 Å². The summed E-state index contributed by atoms with van der Waals surface area (Å²) in [6.45, 7) is 6.88. The Morgan fingerprint density at radius 1 is 1.33 bits per heavy atom. The van der Waals surface area contributed by atoms with Crippen LogP contribution in [0.5, 0.6) is 0 Å². The first-order valence-corrected chi connectivity index (χ1v) is 6.73. The maximum atomic E-state index is 3.51. The fourth-order valence-corrected chi connectivity index (χ4v) is 2.50. The smallest absolute Gasteiger partial charge is 0.0283 e. The molecule has 0 fully saturated rings. The predicted molar refractivity (Wildman–Crippen MR) is 68.3 cm³/mol. The minimum absolute atomic E-state index is 0.661. The van der Waals surface area contributed by atoms with Gasteiger partial charge in [0, 0.05) is 24.5 Å². The maximum absolute atomic E-state index is 3.51. The molecular formula is C13H18BrN. The molecule has 0 saturated carbocycles. The molecule has 0 aromatic heterocycles. The van der Waals surface area contributed by atoms with E-state index in [0.29, 0.717) is 6.04 Å². The monoisotopic (exact) mass is 267 g/mol. The molecule has 1 nitrogen and oxygen atoms in total. The summed E-state index contributed by atoms with van der Waals surface area (Å²) in [7, 11) is 0. The second-order valence-electron chi connectivity index (χ2n) is 4.55. The van der Waals surface area contributed by atoms with E-state index in [4.69, 9.17) is 0 Å². The molecule has 0 amide bonds. The highest BCUT2D eigenvalue weighted by molar-refractivity contribution is 9.08. The van der Waals surface area contributed by atoms with Crippen LogP contribution in [0.3, 0.4) is 0 Å². The third-order valence-corrected chi connectivity index (χ3v) is 3.84. The summed E-state index contributed by atoms with van der Waals surface area (Å²) in [4.78, 5) is 2.54. The van der Waals surface area contributed by atoms with Gasteiger partial charge in [-0.1, -0.05) is 34.1 Å². The van der Waals surface area contributed by atoms with Gasteiger partial charge < -0.3 is 0 Å². The van der Waals surface area contributed by atoms with E-state index in [0.717, 1.165) is 11.9 Å². The van der Waals surface area contributed by atoms with Crippen molar-refractivity contribution >= 4 is 15.9 Å². The summed E-state index contributed by atoms with van der Waals surface area (Å²) in [5, 5.41) is 0.966. The Morgan fingerprint density at radius 2 is 2.13 bits per heavy atom. The van der Waals surface area contributed by atoms with E-state index in [2.05, 4.69) is 52.9 Å². The standard InChI is InChI=1S/C13H18BrN/c1-10(2)15-6-5-12-7-11(8-14)3-4-13(12)9-15/h3-4,7,10H,5-6,8-9H2,1-2H3. The van der Waals surface area contributed by atoms with Gasteiger partial charge in [0.15, 0.2) is 0 Å². The number of halogens is 1. The molecule has 0 bridgehead atoms. The van der Waals surface area contributed by atoms with Gasteiger partial charge in [0.2, 0.25) is 0 Å². The Morgan fingerprint density at radius 3 is 2.80 bits per heavy atom. The van der Waals surface area contributed by atoms with Gasteiger partial charge in [-0.2, -0.15) is 0 Å². The largest absolute Gasteiger partial charge is 0.296 e. The van der Waals surface area contributed by atoms with Crippen molar-refractivity contribution in [2.24, 2.45) is 0 Å². The van der Waals surface area contributed by atoms with Crippen molar-refractivity contribution in [3.8, 4) is 0 Å². The third-order valence-electron chi connectivity index (χ3n) is 3.20. The molecule has 0 saturated heterocycles. The van der Waals surface area contributed by atoms with Crippen LogP contribution in [0.25, 0.3) is 0 Å². The van der Waals surface area contributed by atoms with Crippen LogP contribution in [-0.2, 0) is 18.3 Å². The zero-order chi connectivity index (χ0) is 10.8. The molecule has 0 atom stereocenters. The van der Waals surface area contributed by atoms with Gasteiger partial charge in [-0.3, -0.25) is 4.90 Å². The van der Waals surface area contributed by atoms with E-state index >= 15 is 0 Å². The molecule has 1 aliphatic rings. The molecule has 1 aliphatic heterocycles. The zero-order valence-corrected chi connectivity index (χ0v) is 11.0. The quantitative estimate of drug-likeness (QED) is 0.743. The van der Waals surface area contributed by atoms with Crippen molar-refractivity contribution in [1.82, 2.24) is 4.90 Å². The van der Waals surface area contributed by atoms with Gasteiger partial charge in [0.1, 0.15) is 0 Å². The van der Waals surface area contributed by atoms with Crippen molar-refractivity contribution < 1.29 is 0 Å². The number of nitrogens with zero attached hydrogens (tertiary/aromatic N) is 1. The Kier molecular flexibility index (Phi) is 3.47. The summed E-state index contributed by atoms with van der Waals surface area (Å²) in [5.41, 5.74) is 4.45. The Labute approximate surface area is 101 Å². The summed E-state index contributed by atoms with van der Waals surface area (Å²) in [5.74, 6) is 0. The molecule has 0 spiro atoms. The number of alkyl halides is 1. The van der Waals surface area contributed by atoms with Gasteiger partial charge in [0.05, 0.1) is 0 Å². The Hall–Kier alpha value is -0.340. The highest BCUT2D eigenvalue weighted by Gasteiger charge is 2.17. The lowest BCUT2D eigenvalue weighted by molar-refractivity contribution is 0.203. The highest BCUT2D eigenvalue weighted by atomic mass is 79.9. The molecule has 2 rings (SSSR count). The fourth-order valence-electron chi connectivity index (χ4n) is 2.15. The molecule has 15 heavy (non-hydrogen) atoms. The number of hydrogen-bond acceptors (Lipinski definition) is 1. The number of fused-ring (bicyclic) bond motifs is 1. The molecule has 0 N–H and O–H groups in total. The van der Waals surface area contributed by atoms with Crippen LogP contribution >= 0.6 is 15.9 Å². The number of benzene rings is 1. The molecule has 1 aromatic carbocycles.